The van der Waals surface area contributed by atoms with Crippen molar-refractivity contribution >= 4 is 33.2 Å². The van der Waals surface area contributed by atoms with Gasteiger partial charge in [0.25, 0.3) is 0 Å². The Bertz CT molecular complexity index is 537. The third kappa shape index (κ3) is 3.06. The van der Waals surface area contributed by atoms with E-state index in [4.69, 9.17) is 11.6 Å². The number of anilines is 1. The third-order valence-corrected chi connectivity index (χ3v) is 3.91. The highest BCUT2D eigenvalue weighted by molar-refractivity contribution is 9.10. The zero-order valence-corrected chi connectivity index (χ0v) is 12.7. The van der Waals surface area contributed by atoms with Crippen molar-refractivity contribution in [2.45, 2.75) is 26.4 Å². The number of hydrogen-bond acceptors (Lipinski definition) is 2. The van der Waals surface area contributed by atoms with Gasteiger partial charge in [0.2, 0.25) is 0 Å². The standard InChI is InChI=1S/C13H15BrClN3/c1-9(2)18-8-16-6-11(18)7-17-10-3-4-13(15)12(14)5-10/h3-6,8-9,17H,7H2,1-2H3. The second kappa shape index (κ2) is 5.76. The van der Waals surface area contributed by atoms with Crippen molar-refractivity contribution in [1.29, 1.82) is 0 Å². The number of hydrogen-bond donors (Lipinski definition) is 1. The molecular weight excluding hydrogens is 314 g/mol. The van der Waals surface area contributed by atoms with Crippen LogP contribution in [-0.4, -0.2) is 9.55 Å². The molecule has 18 heavy (non-hydrogen) atoms. The molecule has 0 aliphatic carbocycles. The van der Waals surface area contributed by atoms with Gasteiger partial charge < -0.3 is 9.88 Å². The highest BCUT2D eigenvalue weighted by Crippen LogP contribution is 2.25. The molecule has 3 nitrogen and oxygen atoms in total. The van der Waals surface area contributed by atoms with Gasteiger partial charge in [-0.25, -0.2) is 4.98 Å². The number of benzene rings is 1. The van der Waals surface area contributed by atoms with Crippen molar-refractivity contribution in [3.8, 4) is 0 Å². The Hall–Kier alpha value is -1.000. The molecule has 0 saturated carbocycles. The molecule has 0 aliphatic rings. The third-order valence-electron chi connectivity index (χ3n) is 2.70. The molecule has 5 heteroatoms. The number of rotatable bonds is 4. The zero-order valence-electron chi connectivity index (χ0n) is 10.3. The number of aromatic nitrogens is 2. The molecule has 0 saturated heterocycles. The van der Waals surface area contributed by atoms with Crippen molar-refractivity contribution in [3.63, 3.8) is 0 Å². The van der Waals surface area contributed by atoms with Crippen molar-refractivity contribution in [2.75, 3.05) is 5.32 Å². The van der Waals surface area contributed by atoms with Crippen LogP contribution in [0.25, 0.3) is 0 Å². The minimum atomic E-state index is 0.418. The Balaban J connectivity index is 2.07. The summed E-state index contributed by atoms with van der Waals surface area (Å²) in [6.45, 7) is 5.03. The number of nitrogens with zero attached hydrogens (tertiary/aromatic N) is 2. The predicted molar refractivity (Wildman–Crippen MR) is 79.1 cm³/mol. The van der Waals surface area contributed by atoms with Crippen LogP contribution in [0.4, 0.5) is 5.69 Å². The average Bonchev–Trinajstić information content (AvgIpc) is 2.79. The van der Waals surface area contributed by atoms with E-state index in [9.17, 15) is 0 Å². The van der Waals surface area contributed by atoms with Gasteiger partial charge in [-0.15, -0.1) is 0 Å². The summed E-state index contributed by atoms with van der Waals surface area (Å²) < 4.78 is 3.05. The SMILES string of the molecule is CC(C)n1cncc1CNc1ccc(Cl)c(Br)c1. The smallest absolute Gasteiger partial charge is 0.0951 e. The molecule has 1 N–H and O–H groups in total. The van der Waals surface area contributed by atoms with Crippen molar-refractivity contribution in [3.05, 3.63) is 45.9 Å². The summed E-state index contributed by atoms with van der Waals surface area (Å²) in [4.78, 5) is 4.18. The first kappa shape index (κ1) is 13.4. The largest absolute Gasteiger partial charge is 0.379 e. The normalized spacial score (nSPS) is 10.9. The van der Waals surface area contributed by atoms with Gasteiger partial charge in [-0.05, 0) is 48.0 Å². The Kier molecular flexibility index (Phi) is 4.30. The lowest BCUT2D eigenvalue weighted by Gasteiger charge is -2.13. The summed E-state index contributed by atoms with van der Waals surface area (Å²) in [5.74, 6) is 0. The maximum absolute atomic E-state index is 5.96. The van der Waals surface area contributed by atoms with E-state index in [0.717, 1.165) is 22.4 Å². The van der Waals surface area contributed by atoms with Crippen LogP contribution in [0.3, 0.4) is 0 Å². The summed E-state index contributed by atoms with van der Waals surface area (Å²) in [7, 11) is 0. The Morgan fingerprint density at radius 1 is 1.44 bits per heavy atom. The molecule has 0 aliphatic heterocycles. The van der Waals surface area contributed by atoms with Crippen LogP contribution in [0.5, 0.6) is 0 Å². The highest BCUT2D eigenvalue weighted by atomic mass is 79.9. The van der Waals surface area contributed by atoms with Gasteiger partial charge in [0.15, 0.2) is 0 Å². The molecule has 2 rings (SSSR count). The number of halogens is 2. The molecule has 0 spiro atoms. The average molecular weight is 329 g/mol. The molecule has 0 fully saturated rings. The first-order valence-electron chi connectivity index (χ1n) is 5.77. The van der Waals surface area contributed by atoms with Crippen LogP contribution < -0.4 is 5.32 Å². The van der Waals surface area contributed by atoms with Gasteiger partial charge >= 0.3 is 0 Å². The van der Waals surface area contributed by atoms with E-state index in [2.05, 4.69) is 44.6 Å². The van der Waals surface area contributed by atoms with Crippen molar-refractivity contribution in [2.24, 2.45) is 0 Å². The molecule has 1 aromatic heterocycles. The van der Waals surface area contributed by atoms with E-state index < -0.39 is 0 Å². The monoisotopic (exact) mass is 327 g/mol. The topological polar surface area (TPSA) is 29.9 Å². The fraction of sp³-hybridized carbons (Fsp3) is 0.308. The fourth-order valence-corrected chi connectivity index (χ4v) is 2.23. The molecule has 2 aromatic rings. The summed E-state index contributed by atoms with van der Waals surface area (Å²) >= 11 is 9.37. The molecule has 0 radical (unpaired) electrons. The lowest BCUT2D eigenvalue weighted by atomic mass is 10.3. The lowest BCUT2D eigenvalue weighted by molar-refractivity contribution is 0.577. The second-order valence-electron chi connectivity index (χ2n) is 4.37. The summed E-state index contributed by atoms with van der Waals surface area (Å²) in [6.07, 6.45) is 3.75. The molecular formula is C13H15BrClN3. The van der Waals surface area contributed by atoms with E-state index in [1.807, 2.05) is 30.7 Å². The second-order valence-corrected chi connectivity index (χ2v) is 5.63. The van der Waals surface area contributed by atoms with E-state index in [-0.39, 0.29) is 0 Å². The maximum atomic E-state index is 5.96. The van der Waals surface area contributed by atoms with Crippen molar-refractivity contribution < 1.29 is 0 Å². The van der Waals surface area contributed by atoms with Crippen LogP contribution in [0.1, 0.15) is 25.6 Å². The summed E-state index contributed by atoms with van der Waals surface area (Å²) in [6, 6.07) is 6.22. The predicted octanol–water partition coefficient (Wildman–Crippen LogP) is 4.49. The van der Waals surface area contributed by atoms with Gasteiger partial charge in [0.1, 0.15) is 0 Å². The number of imidazole rings is 1. The van der Waals surface area contributed by atoms with Gasteiger partial charge in [-0.2, -0.15) is 0 Å². The van der Waals surface area contributed by atoms with Crippen molar-refractivity contribution in [1.82, 2.24) is 9.55 Å². The molecule has 1 aromatic carbocycles. The van der Waals surface area contributed by atoms with Crippen LogP contribution in [0.15, 0.2) is 35.2 Å². The first-order chi connectivity index (χ1) is 8.58. The highest BCUT2D eigenvalue weighted by Gasteiger charge is 2.05. The van der Waals surface area contributed by atoms with Crippen LogP contribution in [0, 0.1) is 0 Å². The fourth-order valence-electron chi connectivity index (χ4n) is 1.73. The molecule has 0 unspecified atom stereocenters. The Labute approximate surface area is 120 Å². The van der Waals surface area contributed by atoms with E-state index in [0.29, 0.717) is 11.1 Å². The van der Waals surface area contributed by atoms with Gasteiger partial charge in [-0.1, -0.05) is 11.6 Å². The van der Waals surface area contributed by atoms with Crippen LogP contribution in [0.2, 0.25) is 5.02 Å². The van der Waals surface area contributed by atoms with Crippen LogP contribution >= 0.6 is 27.5 Å². The molecule has 0 atom stereocenters. The molecule has 0 bridgehead atoms. The van der Waals surface area contributed by atoms with Crippen LogP contribution in [-0.2, 0) is 6.54 Å². The van der Waals surface area contributed by atoms with Gasteiger partial charge in [-0.3, -0.25) is 0 Å². The Morgan fingerprint density at radius 3 is 2.89 bits per heavy atom. The minimum Gasteiger partial charge on any atom is -0.379 e. The first-order valence-corrected chi connectivity index (χ1v) is 6.94. The summed E-state index contributed by atoms with van der Waals surface area (Å²) in [5, 5.41) is 4.08. The van der Waals surface area contributed by atoms with Gasteiger partial charge in [0, 0.05) is 22.4 Å². The summed E-state index contributed by atoms with van der Waals surface area (Å²) in [5.41, 5.74) is 2.19. The Morgan fingerprint density at radius 2 is 2.22 bits per heavy atom. The molecule has 1 heterocycles. The minimum absolute atomic E-state index is 0.418. The van der Waals surface area contributed by atoms with Gasteiger partial charge in [0.05, 0.1) is 23.6 Å². The quantitative estimate of drug-likeness (QED) is 0.896. The van der Waals surface area contributed by atoms with E-state index in [1.54, 1.807) is 0 Å². The van der Waals surface area contributed by atoms with E-state index >= 15 is 0 Å². The molecule has 0 amide bonds. The zero-order chi connectivity index (χ0) is 13.1. The molecule has 96 valence electrons. The van der Waals surface area contributed by atoms with E-state index in [1.165, 1.54) is 0 Å². The maximum Gasteiger partial charge on any atom is 0.0951 e. The lowest BCUT2D eigenvalue weighted by Crippen LogP contribution is -2.08. The number of nitrogens with one attached hydrogen (secondary N) is 1.